The van der Waals surface area contributed by atoms with E-state index in [2.05, 4.69) is 20.3 Å². The zero-order chi connectivity index (χ0) is 29.8. The molecule has 2 heterocycles. The van der Waals surface area contributed by atoms with Gasteiger partial charge in [0.15, 0.2) is 0 Å². The van der Waals surface area contributed by atoms with E-state index in [4.69, 9.17) is 11.0 Å². The van der Waals surface area contributed by atoms with Crippen molar-refractivity contribution in [2.75, 3.05) is 6.54 Å². The fraction of sp³-hybridized carbons (Fsp3) is 0.172. The second kappa shape index (κ2) is 14.2. The third kappa shape index (κ3) is 8.34. The molecule has 12 heteroatoms. The summed E-state index contributed by atoms with van der Waals surface area (Å²) in [6, 6.07) is 20.2. The van der Waals surface area contributed by atoms with Gasteiger partial charge in [0.05, 0.1) is 11.8 Å². The van der Waals surface area contributed by atoms with Gasteiger partial charge in [0, 0.05) is 37.0 Å². The maximum atomic E-state index is 13.0. The van der Waals surface area contributed by atoms with E-state index in [1.165, 1.54) is 17.2 Å². The van der Waals surface area contributed by atoms with Gasteiger partial charge >= 0.3 is 6.18 Å². The lowest BCUT2D eigenvalue weighted by molar-refractivity contribution is -0.141. The van der Waals surface area contributed by atoms with E-state index in [1.54, 1.807) is 37.3 Å². The number of nitriles is 1. The molecular formula is C29H26F3N7O2. The number of likely N-dealkylation sites (N-methyl/N-ethyl adjacent to an activating group) is 1. The Morgan fingerprint density at radius 1 is 1.17 bits per heavy atom. The van der Waals surface area contributed by atoms with Crippen LogP contribution in [-0.4, -0.2) is 45.1 Å². The number of likely N-dealkylation sites (tertiary alicyclic amines) is 1. The number of rotatable bonds is 5. The van der Waals surface area contributed by atoms with Gasteiger partial charge in [-0.25, -0.2) is 15.0 Å². The number of alkyl halides is 3. The first-order valence-electron chi connectivity index (χ1n) is 12.4. The van der Waals surface area contributed by atoms with Crippen molar-refractivity contribution in [3.05, 3.63) is 108 Å². The minimum Gasteiger partial charge on any atom is -0.404 e. The normalized spacial score (nSPS) is 17.2. The lowest BCUT2D eigenvalue weighted by Crippen LogP contribution is -2.55. The van der Waals surface area contributed by atoms with Gasteiger partial charge in [-0.1, -0.05) is 48.5 Å². The van der Waals surface area contributed by atoms with Gasteiger partial charge in [0.1, 0.15) is 17.6 Å². The number of amides is 2. The minimum absolute atomic E-state index is 0.0161. The quantitative estimate of drug-likeness (QED) is 0.436. The van der Waals surface area contributed by atoms with Crippen LogP contribution in [0.3, 0.4) is 0 Å². The lowest BCUT2D eigenvalue weighted by atomic mass is 9.98. The summed E-state index contributed by atoms with van der Waals surface area (Å²) in [5, 5.41) is 10.6. The average molecular weight is 562 g/mol. The van der Waals surface area contributed by atoms with Gasteiger partial charge < -0.3 is 11.1 Å². The van der Waals surface area contributed by atoms with E-state index in [9.17, 15) is 22.8 Å². The highest BCUT2D eigenvalue weighted by Crippen LogP contribution is 2.27. The molecule has 1 atom stereocenters. The number of halogens is 3. The molecule has 0 aliphatic carbocycles. The topological polar surface area (TPSA) is 137 Å². The van der Waals surface area contributed by atoms with E-state index < -0.39 is 35.6 Å². The maximum absolute atomic E-state index is 13.0. The molecule has 1 saturated heterocycles. The summed E-state index contributed by atoms with van der Waals surface area (Å²) < 4.78 is 38.6. The van der Waals surface area contributed by atoms with Crippen molar-refractivity contribution in [2.45, 2.75) is 25.6 Å². The van der Waals surface area contributed by atoms with E-state index in [1.807, 2.05) is 42.5 Å². The van der Waals surface area contributed by atoms with Crippen LogP contribution in [0, 0.1) is 11.3 Å². The number of nitrogens with zero attached hydrogens (tertiary/aromatic N) is 5. The molecule has 0 spiro atoms. The second-order valence-corrected chi connectivity index (χ2v) is 8.41. The SMILES string of the molecule is CCN1C(=O)C(NC(=O)c2nccc(C(F)(F)F)n2)C/C(=C/N)C1=Nc1ccccc1.N#C/C=C/c1ccccc1. The van der Waals surface area contributed by atoms with Crippen LogP contribution >= 0.6 is 0 Å². The summed E-state index contributed by atoms with van der Waals surface area (Å²) in [5.74, 6) is -1.81. The number of aromatic nitrogens is 2. The predicted octanol–water partition coefficient (Wildman–Crippen LogP) is 4.64. The fourth-order valence-corrected chi connectivity index (χ4v) is 3.73. The van der Waals surface area contributed by atoms with Gasteiger partial charge in [0.2, 0.25) is 5.82 Å². The number of carbonyl (C=O) groups excluding carboxylic acids is 2. The van der Waals surface area contributed by atoms with E-state index in [0.29, 0.717) is 23.2 Å². The molecule has 9 nitrogen and oxygen atoms in total. The van der Waals surface area contributed by atoms with Crippen LogP contribution in [-0.2, 0) is 11.0 Å². The number of piperidine rings is 1. The fourth-order valence-electron chi connectivity index (χ4n) is 3.73. The number of nitrogens with one attached hydrogen (secondary N) is 1. The molecule has 1 unspecified atom stereocenters. The van der Waals surface area contributed by atoms with Crippen LogP contribution in [0.25, 0.3) is 6.08 Å². The van der Waals surface area contributed by atoms with Gasteiger partial charge in [0.25, 0.3) is 11.8 Å². The summed E-state index contributed by atoms with van der Waals surface area (Å²) >= 11 is 0. The number of hydrogen-bond donors (Lipinski definition) is 2. The molecule has 1 aromatic heterocycles. The first kappa shape index (κ1) is 30.2. The van der Waals surface area contributed by atoms with Crippen molar-refractivity contribution in [1.29, 1.82) is 5.26 Å². The number of carbonyl (C=O) groups is 2. The Kier molecular flexibility index (Phi) is 10.5. The molecule has 1 aliphatic rings. The number of nitrogens with two attached hydrogens (primary N) is 1. The molecule has 210 valence electrons. The largest absolute Gasteiger partial charge is 0.433 e. The van der Waals surface area contributed by atoms with Gasteiger partial charge in [-0.05, 0) is 36.8 Å². The van der Waals surface area contributed by atoms with E-state index >= 15 is 0 Å². The number of aliphatic imine (C=N–C) groups is 1. The number of amidine groups is 1. The van der Waals surface area contributed by atoms with Gasteiger partial charge in [-0.15, -0.1) is 0 Å². The van der Waals surface area contributed by atoms with Crippen molar-refractivity contribution in [3.8, 4) is 6.07 Å². The molecule has 0 saturated carbocycles. The molecule has 3 N–H and O–H groups in total. The smallest absolute Gasteiger partial charge is 0.404 e. The Balaban J connectivity index is 0.000000389. The van der Waals surface area contributed by atoms with Gasteiger partial charge in [-0.3, -0.25) is 14.5 Å². The summed E-state index contributed by atoms with van der Waals surface area (Å²) in [4.78, 5) is 38.1. The summed E-state index contributed by atoms with van der Waals surface area (Å²) in [7, 11) is 0. The Hall–Kier alpha value is -5.31. The monoisotopic (exact) mass is 561 g/mol. The summed E-state index contributed by atoms with van der Waals surface area (Å²) in [5.41, 5.74) is 6.66. The number of hydrogen-bond acceptors (Lipinski definition) is 7. The number of benzene rings is 2. The zero-order valence-electron chi connectivity index (χ0n) is 21.9. The van der Waals surface area contributed by atoms with E-state index in [-0.39, 0.29) is 13.0 Å². The highest BCUT2D eigenvalue weighted by Gasteiger charge is 2.37. The predicted molar refractivity (Wildman–Crippen MR) is 147 cm³/mol. The highest BCUT2D eigenvalue weighted by molar-refractivity contribution is 6.13. The van der Waals surface area contributed by atoms with Crippen LogP contribution in [0.15, 0.2) is 95.8 Å². The molecule has 2 amide bonds. The van der Waals surface area contributed by atoms with Crippen molar-refractivity contribution in [1.82, 2.24) is 20.2 Å². The molecular weight excluding hydrogens is 535 g/mol. The van der Waals surface area contributed by atoms with Crippen LogP contribution in [0.2, 0.25) is 0 Å². The molecule has 3 aromatic rings. The lowest BCUT2D eigenvalue weighted by Gasteiger charge is -2.34. The standard InChI is InChI=1S/C20H19F3N6O2.C9H7N/c1-2-29-17(26-13-6-4-3-5-7-13)12(11-24)10-14(19(29)31)27-18(30)16-25-9-8-15(28-16)20(21,22)23;10-8-4-7-9-5-2-1-3-6-9/h3-9,11,14H,2,10,24H2,1H3,(H,27,30);1-7H/b12-11-,26-17?;7-4+. The van der Waals surface area contributed by atoms with Crippen LogP contribution in [0.4, 0.5) is 18.9 Å². The van der Waals surface area contributed by atoms with Crippen molar-refractivity contribution >= 4 is 29.4 Å². The third-order valence-electron chi connectivity index (χ3n) is 5.64. The van der Waals surface area contributed by atoms with E-state index in [0.717, 1.165) is 11.8 Å². The number of para-hydroxylation sites is 1. The van der Waals surface area contributed by atoms with Crippen LogP contribution < -0.4 is 11.1 Å². The van der Waals surface area contributed by atoms with Crippen molar-refractivity contribution in [2.24, 2.45) is 10.7 Å². The molecule has 0 bridgehead atoms. The highest BCUT2D eigenvalue weighted by atomic mass is 19.4. The Labute approximate surface area is 234 Å². The molecule has 0 radical (unpaired) electrons. The molecule has 41 heavy (non-hydrogen) atoms. The van der Waals surface area contributed by atoms with Crippen LogP contribution in [0.1, 0.15) is 35.2 Å². The molecule has 1 fully saturated rings. The third-order valence-corrected chi connectivity index (χ3v) is 5.64. The Morgan fingerprint density at radius 2 is 1.83 bits per heavy atom. The molecule has 1 aliphatic heterocycles. The van der Waals surface area contributed by atoms with Crippen LogP contribution in [0.5, 0.6) is 0 Å². The molecule has 2 aromatic carbocycles. The average Bonchev–Trinajstić information content (AvgIpc) is 2.98. The van der Waals surface area contributed by atoms with Crippen molar-refractivity contribution in [3.63, 3.8) is 0 Å². The zero-order valence-corrected chi connectivity index (χ0v) is 21.9. The first-order valence-corrected chi connectivity index (χ1v) is 12.4. The maximum Gasteiger partial charge on any atom is 0.433 e. The Morgan fingerprint density at radius 3 is 2.41 bits per heavy atom. The van der Waals surface area contributed by atoms with Crippen molar-refractivity contribution < 1.29 is 22.8 Å². The number of allylic oxidation sites excluding steroid dienone is 1. The second-order valence-electron chi connectivity index (χ2n) is 8.41. The summed E-state index contributed by atoms with van der Waals surface area (Å²) in [6.07, 6.45) is 0.659. The Bertz CT molecular complexity index is 1480. The summed E-state index contributed by atoms with van der Waals surface area (Å²) in [6.45, 7) is 1.97. The minimum atomic E-state index is -4.73. The van der Waals surface area contributed by atoms with Gasteiger partial charge in [-0.2, -0.15) is 18.4 Å². The first-order chi connectivity index (χ1) is 19.7. The molecule has 4 rings (SSSR count).